The zero-order valence-electron chi connectivity index (χ0n) is 9.09. The SMILES string of the molecule is CCNC(=S)NCC(=O)N(CC)CC. The van der Waals surface area contributed by atoms with E-state index >= 15 is 0 Å². The molecule has 0 saturated carbocycles. The second kappa shape index (κ2) is 7.55. The van der Waals surface area contributed by atoms with Gasteiger partial charge in [0.2, 0.25) is 5.91 Å². The second-order valence-electron chi connectivity index (χ2n) is 2.78. The van der Waals surface area contributed by atoms with Crippen LogP contribution in [0.1, 0.15) is 20.8 Å². The molecule has 0 heterocycles. The van der Waals surface area contributed by atoms with Crippen LogP contribution >= 0.6 is 12.2 Å². The molecule has 0 aromatic rings. The van der Waals surface area contributed by atoms with E-state index in [0.29, 0.717) is 5.11 Å². The van der Waals surface area contributed by atoms with E-state index < -0.39 is 0 Å². The predicted molar refractivity (Wildman–Crippen MR) is 62.2 cm³/mol. The Balaban J connectivity index is 3.77. The van der Waals surface area contributed by atoms with E-state index in [1.54, 1.807) is 4.90 Å². The molecular weight excluding hydrogens is 198 g/mol. The Morgan fingerprint density at radius 3 is 2.21 bits per heavy atom. The molecule has 4 nitrogen and oxygen atoms in total. The van der Waals surface area contributed by atoms with Gasteiger partial charge in [-0.1, -0.05) is 0 Å². The van der Waals surface area contributed by atoms with Gasteiger partial charge in [0.25, 0.3) is 0 Å². The van der Waals surface area contributed by atoms with Gasteiger partial charge in [0.05, 0.1) is 6.54 Å². The number of nitrogens with one attached hydrogen (secondary N) is 2. The van der Waals surface area contributed by atoms with Gasteiger partial charge < -0.3 is 15.5 Å². The van der Waals surface area contributed by atoms with Crippen LogP contribution in [0.3, 0.4) is 0 Å². The molecule has 82 valence electrons. The first kappa shape index (κ1) is 13.2. The van der Waals surface area contributed by atoms with Crippen LogP contribution in [0.5, 0.6) is 0 Å². The van der Waals surface area contributed by atoms with Crippen molar-refractivity contribution in [3.8, 4) is 0 Å². The van der Waals surface area contributed by atoms with Gasteiger partial charge in [-0.05, 0) is 33.0 Å². The van der Waals surface area contributed by atoms with Crippen molar-refractivity contribution in [3.63, 3.8) is 0 Å². The first-order valence-corrected chi connectivity index (χ1v) is 5.35. The topological polar surface area (TPSA) is 44.4 Å². The zero-order chi connectivity index (χ0) is 11.0. The predicted octanol–water partition coefficient (Wildman–Crippen LogP) is 0.339. The lowest BCUT2D eigenvalue weighted by molar-refractivity contribution is -0.129. The molecule has 0 aliphatic carbocycles. The molecule has 0 radical (unpaired) electrons. The van der Waals surface area contributed by atoms with Crippen molar-refractivity contribution in [2.75, 3.05) is 26.2 Å². The minimum atomic E-state index is 0.0789. The van der Waals surface area contributed by atoms with Crippen molar-refractivity contribution in [1.82, 2.24) is 15.5 Å². The van der Waals surface area contributed by atoms with Gasteiger partial charge in [-0.15, -0.1) is 0 Å². The average Bonchev–Trinajstić information content (AvgIpc) is 2.17. The van der Waals surface area contributed by atoms with Gasteiger partial charge >= 0.3 is 0 Å². The molecule has 0 rings (SSSR count). The number of amides is 1. The Labute approximate surface area is 91.0 Å². The number of likely N-dealkylation sites (N-methyl/N-ethyl adjacent to an activating group) is 1. The molecule has 0 aliphatic heterocycles. The summed E-state index contributed by atoms with van der Waals surface area (Å²) in [6, 6.07) is 0. The smallest absolute Gasteiger partial charge is 0.241 e. The number of hydrogen-bond acceptors (Lipinski definition) is 2. The number of carbonyl (C=O) groups is 1. The lowest BCUT2D eigenvalue weighted by Crippen LogP contribution is -2.43. The fourth-order valence-electron chi connectivity index (χ4n) is 1.07. The van der Waals surface area contributed by atoms with Crippen LogP contribution in [0.4, 0.5) is 0 Å². The summed E-state index contributed by atoms with van der Waals surface area (Å²) in [4.78, 5) is 13.3. The highest BCUT2D eigenvalue weighted by Crippen LogP contribution is 1.86. The molecule has 0 atom stereocenters. The van der Waals surface area contributed by atoms with Crippen LogP contribution in [-0.4, -0.2) is 42.1 Å². The largest absolute Gasteiger partial charge is 0.363 e. The summed E-state index contributed by atoms with van der Waals surface area (Å²) in [5, 5.41) is 6.32. The Kier molecular flexibility index (Phi) is 7.10. The Bertz CT molecular complexity index is 192. The third-order valence-corrected chi connectivity index (χ3v) is 2.14. The van der Waals surface area contributed by atoms with Crippen LogP contribution in [-0.2, 0) is 4.79 Å². The molecule has 0 aromatic heterocycles. The zero-order valence-corrected chi connectivity index (χ0v) is 9.91. The molecule has 0 bridgehead atoms. The quantitative estimate of drug-likeness (QED) is 0.652. The molecule has 0 aromatic carbocycles. The highest BCUT2D eigenvalue weighted by molar-refractivity contribution is 7.80. The lowest BCUT2D eigenvalue weighted by atomic mass is 10.4. The van der Waals surface area contributed by atoms with E-state index in [-0.39, 0.29) is 12.5 Å². The molecule has 0 aliphatic rings. The molecule has 2 N–H and O–H groups in total. The van der Waals surface area contributed by atoms with Crippen molar-refractivity contribution in [2.24, 2.45) is 0 Å². The van der Waals surface area contributed by atoms with E-state index in [1.165, 1.54) is 0 Å². The van der Waals surface area contributed by atoms with Gasteiger partial charge in [0, 0.05) is 19.6 Å². The van der Waals surface area contributed by atoms with Crippen LogP contribution in [0.2, 0.25) is 0 Å². The van der Waals surface area contributed by atoms with Gasteiger partial charge in [0.1, 0.15) is 0 Å². The van der Waals surface area contributed by atoms with E-state index in [2.05, 4.69) is 10.6 Å². The summed E-state index contributed by atoms with van der Waals surface area (Å²) in [5.74, 6) is 0.0789. The monoisotopic (exact) mass is 217 g/mol. The van der Waals surface area contributed by atoms with Gasteiger partial charge in [-0.25, -0.2) is 0 Å². The lowest BCUT2D eigenvalue weighted by Gasteiger charge is -2.19. The maximum Gasteiger partial charge on any atom is 0.241 e. The Morgan fingerprint density at radius 2 is 1.79 bits per heavy atom. The van der Waals surface area contributed by atoms with Crippen molar-refractivity contribution in [1.29, 1.82) is 0 Å². The van der Waals surface area contributed by atoms with E-state index in [1.807, 2.05) is 20.8 Å². The van der Waals surface area contributed by atoms with Gasteiger partial charge in [-0.2, -0.15) is 0 Å². The summed E-state index contributed by atoms with van der Waals surface area (Å²) < 4.78 is 0. The molecule has 14 heavy (non-hydrogen) atoms. The summed E-state index contributed by atoms with van der Waals surface area (Å²) in [6.07, 6.45) is 0. The summed E-state index contributed by atoms with van der Waals surface area (Å²) in [5.41, 5.74) is 0. The van der Waals surface area contributed by atoms with Crippen LogP contribution in [0.15, 0.2) is 0 Å². The van der Waals surface area contributed by atoms with E-state index in [9.17, 15) is 4.79 Å². The third kappa shape index (κ3) is 5.01. The summed E-state index contributed by atoms with van der Waals surface area (Å²) in [7, 11) is 0. The van der Waals surface area contributed by atoms with Gasteiger partial charge in [-0.3, -0.25) is 4.79 Å². The van der Waals surface area contributed by atoms with Crippen molar-refractivity contribution in [3.05, 3.63) is 0 Å². The average molecular weight is 217 g/mol. The molecule has 0 saturated heterocycles. The first-order valence-electron chi connectivity index (χ1n) is 4.95. The highest BCUT2D eigenvalue weighted by Gasteiger charge is 2.08. The highest BCUT2D eigenvalue weighted by atomic mass is 32.1. The molecular formula is C9H19N3OS. The molecule has 5 heteroatoms. The van der Waals surface area contributed by atoms with E-state index in [0.717, 1.165) is 19.6 Å². The standard InChI is InChI=1S/C9H19N3OS/c1-4-10-9(14)11-7-8(13)12(5-2)6-3/h4-7H2,1-3H3,(H2,10,11,14). The normalized spacial score (nSPS) is 9.36. The maximum absolute atomic E-state index is 11.5. The molecule has 0 fully saturated rings. The fourth-order valence-corrected chi connectivity index (χ4v) is 1.28. The summed E-state index contributed by atoms with van der Waals surface area (Å²) >= 11 is 4.94. The second-order valence-corrected chi connectivity index (χ2v) is 3.19. The first-order chi connectivity index (χ1) is 6.65. The molecule has 0 spiro atoms. The van der Waals surface area contributed by atoms with Crippen LogP contribution < -0.4 is 10.6 Å². The Hall–Kier alpha value is -0.840. The number of nitrogens with zero attached hydrogens (tertiary/aromatic N) is 1. The van der Waals surface area contributed by atoms with Crippen molar-refractivity contribution >= 4 is 23.2 Å². The van der Waals surface area contributed by atoms with Crippen LogP contribution in [0.25, 0.3) is 0 Å². The number of thiocarbonyl (C=S) groups is 1. The van der Waals surface area contributed by atoms with Crippen molar-refractivity contribution in [2.45, 2.75) is 20.8 Å². The number of rotatable bonds is 5. The minimum Gasteiger partial charge on any atom is -0.363 e. The van der Waals surface area contributed by atoms with E-state index in [4.69, 9.17) is 12.2 Å². The minimum absolute atomic E-state index is 0.0789. The third-order valence-electron chi connectivity index (χ3n) is 1.85. The fraction of sp³-hybridized carbons (Fsp3) is 0.778. The number of carbonyl (C=O) groups excluding carboxylic acids is 1. The molecule has 1 amide bonds. The van der Waals surface area contributed by atoms with Crippen molar-refractivity contribution < 1.29 is 4.79 Å². The Morgan fingerprint density at radius 1 is 1.21 bits per heavy atom. The summed E-state index contributed by atoms with van der Waals surface area (Å²) in [6.45, 7) is 8.41. The maximum atomic E-state index is 11.5. The molecule has 0 unspecified atom stereocenters. The van der Waals surface area contributed by atoms with Crippen LogP contribution in [0, 0.1) is 0 Å². The number of hydrogen-bond donors (Lipinski definition) is 2. The van der Waals surface area contributed by atoms with Gasteiger partial charge in [0.15, 0.2) is 5.11 Å².